The number of pyridine rings is 1. The molecule has 0 bridgehead atoms. The number of aromatic nitrogens is 2. The van der Waals surface area contributed by atoms with Gasteiger partial charge < -0.3 is 4.90 Å². The smallest absolute Gasteiger partial charge is 0.265 e. The molecule has 0 aromatic carbocycles. The van der Waals surface area contributed by atoms with Crippen LogP contribution in [0.25, 0.3) is 0 Å². The first-order valence-corrected chi connectivity index (χ1v) is 7.20. The summed E-state index contributed by atoms with van der Waals surface area (Å²) >= 11 is 6.99. The average molecular weight is 325 g/mol. The first-order valence-electron chi connectivity index (χ1n) is 6.01. The summed E-state index contributed by atoms with van der Waals surface area (Å²) in [7, 11) is 3.32. The molecule has 110 valence electrons. The van der Waals surface area contributed by atoms with Crippen molar-refractivity contribution in [2.75, 3.05) is 19.4 Å². The van der Waals surface area contributed by atoms with Gasteiger partial charge in [0.05, 0.1) is 11.3 Å². The molecule has 0 radical (unpaired) electrons. The summed E-state index contributed by atoms with van der Waals surface area (Å²) in [6, 6.07) is 3.19. The van der Waals surface area contributed by atoms with Crippen LogP contribution in [-0.2, 0) is 0 Å². The number of thiazole rings is 1. The summed E-state index contributed by atoms with van der Waals surface area (Å²) in [5.41, 5.74) is 0.832. The first kappa shape index (κ1) is 15.4. The van der Waals surface area contributed by atoms with Crippen molar-refractivity contribution < 1.29 is 9.59 Å². The van der Waals surface area contributed by atoms with Gasteiger partial charge in [0.1, 0.15) is 10.0 Å². The fraction of sp³-hybridized carbons (Fsp3) is 0.231. The number of hydrogen-bond acceptors (Lipinski definition) is 5. The van der Waals surface area contributed by atoms with E-state index in [1.807, 2.05) is 0 Å². The van der Waals surface area contributed by atoms with Crippen molar-refractivity contribution in [2.24, 2.45) is 0 Å². The van der Waals surface area contributed by atoms with E-state index in [0.29, 0.717) is 15.7 Å². The van der Waals surface area contributed by atoms with Crippen molar-refractivity contribution in [3.63, 3.8) is 0 Å². The zero-order chi connectivity index (χ0) is 15.6. The number of carbonyl (C=O) groups excluding carboxylic acids is 2. The molecule has 0 saturated carbocycles. The number of nitrogens with one attached hydrogen (secondary N) is 1. The molecular weight excluding hydrogens is 312 g/mol. The third-order valence-corrected chi connectivity index (χ3v) is 3.98. The van der Waals surface area contributed by atoms with Gasteiger partial charge in [0.15, 0.2) is 5.13 Å². The minimum Gasteiger partial charge on any atom is -0.344 e. The maximum absolute atomic E-state index is 12.1. The molecule has 0 aliphatic carbocycles. The van der Waals surface area contributed by atoms with E-state index >= 15 is 0 Å². The van der Waals surface area contributed by atoms with Crippen molar-refractivity contribution in [1.29, 1.82) is 0 Å². The van der Waals surface area contributed by atoms with E-state index in [4.69, 9.17) is 11.6 Å². The van der Waals surface area contributed by atoms with Gasteiger partial charge in [0.25, 0.3) is 11.8 Å². The molecule has 0 atom stereocenters. The van der Waals surface area contributed by atoms with Gasteiger partial charge in [-0.25, -0.2) is 9.97 Å². The standard InChI is InChI=1S/C13H13ClN4O2S/c1-7-9(12(20)18(2)3)21-13(16-7)17-11(19)8-5-4-6-15-10(8)14/h4-6H,1-3H3,(H,16,17,19). The molecule has 2 aromatic rings. The van der Waals surface area contributed by atoms with Crippen LogP contribution in [0.1, 0.15) is 25.7 Å². The van der Waals surface area contributed by atoms with Crippen LogP contribution in [0.3, 0.4) is 0 Å². The molecule has 2 aromatic heterocycles. The van der Waals surface area contributed by atoms with Gasteiger partial charge in [-0.2, -0.15) is 0 Å². The number of halogens is 1. The molecule has 21 heavy (non-hydrogen) atoms. The molecule has 8 heteroatoms. The molecule has 0 unspecified atom stereocenters. The molecule has 2 heterocycles. The van der Waals surface area contributed by atoms with Gasteiger partial charge in [0, 0.05) is 20.3 Å². The quantitative estimate of drug-likeness (QED) is 0.880. The van der Waals surface area contributed by atoms with Crippen LogP contribution >= 0.6 is 22.9 Å². The van der Waals surface area contributed by atoms with Crippen molar-refractivity contribution in [2.45, 2.75) is 6.92 Å². The maximum Gasteiger partial charge on any atom is 0.265 e. The lowest BCUT2D eigenvalue weighted by Gasteiger charge is -2.07. The Morgan fingerprint density at radius 2 is 2.10 bits per heavy atom. The van der Waals surface area contributed by atoms with E-state index in [0.717, 1.165) is 11.3 Å². The fourth-order valence-electron chi connectivity index (χ4n) is 1.57. The first-order chi connectivity index (χ1) is 9.90. The van der Waals surface area contributed by atoms with E-state index in [-0.39, 0.29) is 16.6 Å². The SMILES string of the molecule is Cc1nc(NC(=O)c2cccnc2Cl)sc1C(=O)N(C)C. The van der Waals surface area contributed by atoms with Crippen molar-refractivity contribution in [3.8, 4) is 0 Å². The molecule has 0 saturated heterocycles. The van der Waals surface area contributed by atoms with Gasteiger partial charge in [-0.05, 0) is 19.1 Å². The lowest BCUT2D eigenvalue weighted by Crippen LogP contribution is -2.21. The Morgan fingerprint density at radius 1 is 1.38 bits per heavy atom. The largest absolute Gasteiger partial charge is 0.344 e. The third-order valence-electron chi connectivity index (χ3n) is 2.62. The third kappa shape index (κ3) is 3.37. The summed E-state index contributed by atoms with van der Waals surface area (Å²) in [6.45, 7) is 1.72. The molecule has 2 amide bonds. The second-order valence-electron chi connectivity index (χ2n) is 4.43. The summed E-state index contributed by atoms with van der Waals surface area (Å²) < 4.78 is 0. The summed E-state index contributed by atoms with van der Waals surface area (Å²) in [5.74, 6) is -0.560. The minimum absolute atomic E-state index is 0.118. The van der Waals surface area contributed by atoms with Gasteiger partial charge in [-0.3, -0.25) is 14.9 Å². The average Bonchev–Trinajstić information content (AvgIpc) is 2.78. The minimum atomic E-state index is -0.411. The number of hydrogen-bond donors (Lipinski definition) is 1. The Kier molecular flexibility index (Phi) is 4.54. The Balaban J connectivity index is 2.21. The lowest BCUT2D eigenvalue weighted by atomic mass is 10.3. The van der Waals surface area contributed by atoms with Gasteiger partial charge in [-0.15, -0.1) is 0 Å². The Labute approximate surface area is 130 Å². The highest BCUT2D eigenvalue weighted by Gasteiger charge is 2.19. The van der Waals surface area contributed by atoms with Crippen LogP contribution < -0.4 is 5.32 Å². The number of aryl methyl sites for hydroxylation is 1. The highest BCUT2D eigenvalue weighted by atomic mass is 35.5. The topological polar surface area (TPSA) is 75.2 Å². The summed E-state index contributed by atoms with van der Waals surface area (Å²) in [6.07, 6.45) is 1.50. The lowest BCUT2D eigenvalue weighted by molar-refractivity contribution is 0.0831. The molecule has 6 nitrogen and oxygen atoms in total. The maximum atomic E-state index is 12.1. The van der Waals surface area contributed by atoms with Crippen LogP contribution in [0.15, 0.2) is 18.3 Å². The van der Waals surface area contributed by atoms with Crippen LogP contribution in [0.2, 0.25) is 5.15 Å². The van der Waals surface area contributed by atoms with Crippen molar-refractivity contribution >= 4 is 39.9 Å². The molecule has 2 rings (SSSR count). The Morgan fingerprint density at radius 3 is 2.71 bits per heavy atom. The predicted molar refractivity (Wildman–Crippen MR) is 82.1 cm³/mol. The summed E-state index contributed by atoms with van der Waals surface area (Å²) in [4.78, 5) is 34.0. The molecule has 1 N–H and O–H groups in total. The number of rotatable bonds is 3. The molecule has 0 spiro atoms. The zero-order valence-electron chi connectivity index (χ0n) is 11.7. The Hall–Kier alpha value is -1.99. The normalized spacial score (nSPS) is 10.3. The van der Waals surface area contributed by atoms with Crippen LogP contribution in [-0.4, -0.2) is 40.8 Å². The van der Waals surface area contributed by atoms with E-state index in [9.17, 15) is 9.59 Å². The summed E-state index contributed by atoms with van der Waals surface area (Å²) in [5, 5.41) is 3.10. The van der Waals surface area contributed by atoms with E-state index in [1.54, 1.807) is 33.2 Å². The number of amides is 2. The highest BCUT2D eigenvalue weighted by Crippen LogP contribution is 2.24. The highest BCUT2D eigenvalue weighted by molar-refractivity contribution is 7.17. The predicted octanol–water partition coefficient (Wildman–Crippen LogP) is 2.45. The molecule has 0 fully saturated rings. The van der Waals surface area contributed by atoms with Crippen molar-refractivity contribution in [1.82, 2.24) is 14.9 Å². The fourth-order valence-corrected chi connectivity index (χ4v) is 2.76. The van der Waals surface area contributed by atoms with Crippen molar-refractivity contribution in [3.05, 3.63) is 39.6 Å². The van der Waals surface area contributed by atoms with E-state index < -0.39 is 5.91 Å². The number of anilines is 1. The van der Waals surface area contributed by atoms with Gasteiger partial charge >= 0.3 is 0 Å². The van der Waals surface area contributed by atoms with E-state index in [2.05, 4.69) is 15.3 Å². The van der Waals surface area contributed by atoms with Crippen LogP contribution in [0, 0.1) is 6.92 Å². The zero-order valence-corrected chi connectivity index (χ0v) is 13.2. The molecule has 0 aliphatic rings. The number of carbonyl (C=O) groups is 2. The number of nitrogens with zero attached hydrogens (tertiary/aromatic N) is 3. The van der Waals surface area contributed by atoms with Gasteiger partial charge in [-0.1, -0.05) is 22.9 Å². The monoisotopic (exact) mass is 324 g/mol. The molecule has 0 aliphatic heterocycles. The van der Waals surface area contributed by atoms with E-state index in [1.165, 1.54) is 11.1 Å². The van der Waals surface area contributed by atoms with Crippen LogP contribution in [0.4, 0.5) is 5.13 Å². The van der Waals surface area contributed by atoms with Crippen LogP contribution in [0.5, 0.6) is 0 Å². The molecular formula is C13H13ClN4O2S. The van der Waals surface area contributed by atoms with Gasteiger partial charge in [0.2, 0.25) is 0 Å². The second kappa shape index (κ2) is 6.19. The Bertz CT molecular complexity index is 699. The second-order valence-corrected chi connectivity index (χ2v) is 5.79.